The fourth-order valence-electron chi connectivity index (χ4n) is 9.61. The maximum atomic E-state index is 14.2. The average Bonchev–Trinajstić information content (AvgIpc) is 3.46. The summed E-state index contributed by atoms with van der Waals surface area (Å²) < 4.78 is 341. The van der Waals surface area contributed by atoms with Gasteiger partial charge in [0.25, 0.3) is 0 Å². The van der Waals surface area contributed by atoms with E-state index in [0.29, 0.717) is 11.0 Å². The summed E-state index contributed by atoms with van der Waals surface area (Å²) in [6.07, 6.45) is -52.6. The van der Waals surface area contributed by atoms with Crippen LogP contribution >= 0.6 is 0 Å². The van der Waals surface area contributed by atoms with Crippen molar-refractivity contribution in [1.29, 1.82) is 0 Å². The van der Waals surface area contributed by atoms with E-state index in [2.05, 4.69) is 54.8 Å². The molecule has 1 nitrogen and oxygen atoms in total. The molecule has 81 heavy (non-hydrogen) atoms. The maximum Gasteiger partial charge on any atom is 0.416 e. The molecule has 0 radical (unpaired) electrons. The number of Topliss-reactive ketones (excluding diaryl/α,β-unsaturated/α-hetero) is 1. The molecule has 1 atom stereocenters. The number of benzene rings is 7. The molecule has 1 aliphatic rings. The van der Waals surface area contributed by atoms with Gasteiger partial charge in [-0.15, -0.1) is 0 Å². The molecule has 0 N–H and O–H groups in total. The van der Waals surface area contributed by atoms with E-state index in [9.17, 15) is 110 Å². The van der Waals surface area contributed by atoms with Crippen molar-refractivity contribution < 1.29 is 110 Å². The van der Waals surface area contributed by atoms with Gasteiger partial charge in [0.1, 0.15) is 6.15 Å². The van der Waals surface area contributed by atoms with Gasteiger partial charge < -0.3 is 0 Å². The highest BCUT2D eigenvalue weighted by Crippen LogP contribution is 2.48. The average molecular weight is 1190 g/mol. The topological polar surface area (TPSA) is 17.1 Å². The molecule has 1 unspecified atom stereocenters. The summed E-state index contributed by atoms with van der Waals surface area (Å²) in [7, 11) is -0.0482. The first-order valence-corrected chi connectivity index (χ1v) is 24.6. The third kappa shape index (κ3) is 13.2. The maximum absolute atomic E-state index is 14.2. The zero-order valence-corrected chi connectivity index (χ0v) is 41.0. The van der Waals surface area contributed by atoms with E-state index in [0.717, 1.165) is 5.56 Å². The molecule has 27 heteroatoms. The lowest BCUT2D eigenvalue weighted by molar-refractivity contribution is -0.144. The highest BCUT2D eigenvalue weighted by molar-refractivity contribution is 7.97. The fraction of sp³-hybridized carbons (Fsp3) is 0.204. The Labute approximate surface area is 444 Å². The second-order valence-electron chi connectivity index (χ2n) is 18.4. The van der Waals surface area contributed by atoms with Crippen LogP contribution in [0, 0.1) is 0 Å². The van der Waals surface area contributed by atoms with Crippen molar-refractivity contribution in [2.75, 3.05) is 12.0 Å². The summed E-state index contributed by atoms with van der Waals surface area (Å²) in [6.45, 7) is 0. The normalized spacial score (nSPS) is 14.2. The molecule has 0 amide bonds. The summed E-state index contributed by atoms with van der Waals surface area (Å²) in [5, 5.41) is 0.324. The first kappa shape index (κ1) is 61.6. The van der Waals surface area contributed by atoms with Gasteiger partial charge in [-0.2, -0.15) is 127 Å². The third-order valence-electron chi connectivity index (χ3n) is 13.1. The molecule has 8 rings (SSSR count). The van der Waals surface area contributed by atoms with Crippen LogP contribution in [-0.2, 0) is 60.3 Å². The lowest BCUT2D eigenvalue weighted by atomic mass is 9.12. The second kappa shape index (κ2) is 21.4. The number of ketones is 1. The van der Waals surface area contributed by atoms with Crippen LogP contribution in [0.15, 0.2) is 152 Å². The molecule has 0 spiro atoms. The highest BCUT2D eigenvalue weighted by atomic mass is 32.2. The molecular weight excluding hydrogens is 1160 g/mol. The number of hydrogen-bond donors (Lipinski definition) is 0. The minimum Gasteiger partial charge on any atom is -0.289 e. The van der Waals surface area contributed by atoms with Gasteiger partial charge in [0, 0.05) is 27.6 Å². The van der Waals surface area contributed by atoms with E-state index in [1.807, 2.05) is 30.3 Å². The van der Waals surface area contributed by atoms with E-state index < -0.39 is 195 Å². The van der Waals surface area contributed by atoms with Crippen molar-refractivity contribution in [3.8, 4) is 11.1 Å². The SMILES string of the molecule is C[S+](CC(=O)c1ccccc1)C1c2ccccc2-c2ccccc21.FC(F)(F)c1cc([B-](c2cc(C(F)(F)F)cc(C(F)(F)F)c2)(c2cc(C(F)(F)F)cc(C(F)(F)F)c2)c2cc(C(F)(F)F)cc(C(F)(F)F)c2)cc(C(F)(F)F)c1. The Morgan fingerprint density at radius 1 is 0.346 bits per heavy atom. The third-order valence-corrected chi connectivity index (χ3v) is 15.1. The monoisotopic (exact) mass is 1190 g/mol. The minimum absolute atomic E-state index is 0.0482. The zero-order chi connectivity index (χ0) is 60.4. The Morgan fingerprint density at radius 2 is 0.568 bits per heavy atom. The minimum atomic E-state index is -6.13. The van der Waals surface area contributed by atoms with Gasteiger partial charge in [0.2, 0.25) is 5.78 Å². The quantitative estimate of drug-likeness (QED) is 0.0641. The number of rotatable bonds is 8. The van der Waals surface area contributed by atoms with E-state index in [4.69, 9.17) is 0 Å². The van der Waals surface area contributed by atoms with Gasteiger partial charge in [-0.3, -0.25) is 4.79 Å². The predicted octanol–water partition coefficient (Wildman–Crippen LogP) is 16.1. The predicted molar refractivity (Wildman–Crippen MR) is 253 cm³/mol. The summed E-state index contributed by atoms with van der Waals surface area (Å²) in [4.78, 5) is 12.6. The van der Waals surface area contributed by atoms with Crippen molar-refractivity contribution in [2.45, 2.75) is 54.7 Å². The molecule has 7 aromatic rings. The number of fused-ring (bicyclic) bond motifs is 3. The van der Waals surface area contributed by atoms with Crippen LogP contribution in [0.25, 0.3) is 11.1 Å². The Balaban J connectivity index is 0.000000323. The van der Waals surface area contributed by atoms with Crippen LogP contribution in [-0.4, -0.2) is 23.9 Å². The van der Waals surface area contributed by atoms with Crippen molar-refractivity contribution >= 4 is 44.7 Å². The van der Waals surface area contributed by atoms with Gasteiger partial charge in [-0.1, -0.05) is 127 Å². The lowest BCUT2D eigenvalue weighted by Gasteiger charge is -2.46. The highest BCUT2D eigenvalue weighted by Gasteiger charge is 2.48. The van der Waals surface area contributed by atoms with Crippen molar-refractivity contribution in [3.05, 3.63) is 213 Å². The molecule has 1 aliphatic carbocycles. The lowest BCUT2D eigenvalue weighted by Crippen LogP contribution is -2.75. The Morgan fingerprint density at radius 3 is 0.802 bits per heavy atom. The fourth-order valence-corrected chi connectivity index (χ4v) is 11.6. The van der Waals surface area contributed by atoms with Gasteiger partial charge >= 0.3 is 49.4 Å². The molecule has 7 aromatic carbocycles. The molecule has 0 fully saturated rings. The van der Waals surface area contributed by atoms with Crippen LogP contribution < -0.4 is 21.9 Å². The Bertz CT molecular complexity index is 2970. The molecule has 0 aliphatic heterocycles. The van der Waals surface area contributed by atoms with E-state index in [1.54, 1.807) is 0 Å². The molecule has 0 saturated carbocycles. The summed E-state index contributed by atoms with van der Waals surface area (Å²) in [5.74, 6) is 0.834. The number of alkyl halides is 24. The molecular formula is C54H31BF24OS. The Kier molecular flexibility index (Phi) is 16.2. The van der Waals surface area contributed by atoms with Crippen LogP contribution in [0.3, 0.4) is 0 Å². The van der Waals surface area contributed by atoms with Crippen LogP contribution in [0.1, 0.15) is 71.2 Å². The standard InChI is InChI=1S/C32H12BF24.C22H19OS/c34-25(35,36)13-1-14(26(37,38)39)6-21(5-13)33(22-7-15(27(40,41)42)2-16(8-22)28(43,44)45,23-9-17(29(46,47)48)3-18(10-23)30(49,50)51)24-11-19(31(52,53)54)4-20(12-24)32(55,56)57;1-24(15-21(23)16-9-3-2-4-10-16)22-19-13-7-5-11-17(19)18-12-6-8-14-20(18)22/h1-12H;2-14,22H,15H2,1H3/q-1;+1. The van der Waals surface area contributed by atoms with Crippen molar-refractivity contribution in [2.24, 2.45) is 0 Å². The first-order valence-electron chi connectivity index (χ1n) is 22.8. The first-order chi connectivity index (χ1) is 37.0. The number of carbonyl (C=O) groups is 1. The van der Waals surface area contributed by atoms with Gasteiger partial charge in [0.15, 0.2) is 11.0 Å². The molecule has 0 aromatic heterocycles. The van der Waals surface area contributed by atoms with Gasteiger partial charge in [-0.25, -0.2) is 0 Å². The zero-order valence-electron chi connectivity index (χ0n) is 40.2. The van der Waals surface area contributed by atoms with Crippen molar-refractivity contribution in [3.63, 3.8) is 0 Å². The molecule has 0 heterocycles. The van der Waals surface area contributed by atoms with E-state index in [-0.39, 0.29) is 16.7 Å². The Hall–Kier alpha value is -7.06. The van der Waals surface area contributed by atoms with Crippen molar-refractivity contribution in [1.82, 2.24) is 0 Å². The molecule has 430 valence electrons. The number of halogens is 24. The molecule has 0 saturated heterocycles. The number of hydrogen-bond acceptors (Lipinski definition) is 1. The van der Waals surface area contributed by atoms with E-state index in [1.165, 1.54) is 22.3 Å². The molecule has 0 bridgehead atoms. The van der Waals surface area contributed by atoms with Crippen LogP contribution in [0.2, 0.25) is 0 Å². The van der Waals surface area contributed by atoms with Gasteiger partial charge in [0.05, 0.1) is 50.8 Å². The van der Waals surface area contributed by atoms with Gasteiger partial charge in [-0.05, 0) is 35.4 Å². The largest absolute Gasteiger partial charge is 0.416 e. The summed E-state index contributed by atoms with van der Waals surface area (Å²) >= 11 is 0. The second-order valence-corrected chi connectivity index (χ2v) is 20.5. The smallest absolute Gasteiger partial charge is 0.289 e. The van der Waals surface area contributed by atoms with Crippen LogP contribution in [0.5, 0.6) is 0 Å². The van der Waals surface area contributed by atoms with Crippen LogP contribution in [0.4, 0.5) is 105 Å². The summed E-state index contributed by atoms with van der Waals surface area (Å²) in [6, 6.07) is 18.1. The summed E-state index contributed by atoms with van der Waals surface area (Å²) in [5.41, 5.74) is -24.0. The van der Waals surface area contributed by atoms with E-state index >= 15 is 0 Å². The number of carbonyl (C=O) groups excluding carboxylic acids is 1.